The van der Waals surface area contributed by atoms with E-state index in [1.54, 1.807) is 33.5 Å². The lowest BCUT2D eigenvalue weighted by Gasteiger charge is -2.14. The maximum absolute atomic E-state index is 12.3. The van der Waals surface area contributed by atoms with Crippen LogP contribution in [-0.4, -0.2) is 56.7 Å². The van der Waals surface area contributed by atoms with Gasteiger partial charge in [-0.25, -0.2) is 0 Å². The molecule has 0 radical (unpaired) electrons. The fourth-order valence-corrected chi connectivity index (χ4v) is 3.26. The van der Waals surface area contributed by atoms with Crippen LogP contribution in [0.5, 0.6) is 17.2 Å². The van der Waals surface area contributed by atoms with Crippen LogP contribution in [0.3, 0.4) is 0 Å². The van der Waals surface area contributed by atoms with Crippen LogP contribution >= 0.6 is 11.8 Å². The number of benzene rings is 1. The van der Waals surface area contributed by atoms with Crippen molar-refractivity contribution in [1.82, 2.24) is 4.90 Å². The highest BCUT2D eigenvalue weighted by Crippen LogP contribution is 2.38. The number of nitrogens with zero attached hydrogens (tertiary/aromatic N) is 1. The van der Waals surface area contributed by atoms with Crippen molar-refractivity contribution in [1.29, 1.82) is 0 Å². The Morgan fingerprint density at radius 2 is 1.87 bits per heavy atom. The monoisotopic (exact) mass is 337 g/mol. The standard InChI is InChI=1S/C17H23NO4S/c1-20-14-9-12(10-15(21-2)17(14)22-3)5-6-16(19)18-8-7-13(11-18)23-4/h5-6,9-10,13H,7-8,11H2,1-4H3/b6-5+/t13-/m1/s1. The van der Waals surface area contributed by atoms with Gasteiger partial charge in [-0.3, -0.25) is 4.79 Å². The Kier molecular flexibility index (Phi) is 6.21. The molecule has 1 saturated heterocycles. The molecule has 126 valence electrons. The van der Waals surface area contributed by atoms with E-state index in [0.29, 0.717) is 22.5 Å². The normalized spacial score (nSPS) is 17.6. The molecule has 1 aliphatic heterocycles. The van der Waals surface area contributed by atoms with E-state index in [2.05, 4.69) is 6.26 Å². The van der Waals surface area contributed by atoms with Crippen molar-refractivity contribution in [2.24, 2.45) is 0 Å². The van der Waals surface area contributed by atoms with Gasteiger partial charge in [0, 0.05) is 24.4 Å². The molecule has 5 nitrogen and oxygen atoms in total. The Labute approximate surface area is 141 Å². The molecule has 0 unspecified atom stereocenters. The predicted molar refractivity (Wildman–Crippen MR) is 93.6 cm³/mol. The average molecular weight is 337 g/mol. The van der Waals surface area contributed by atoms with Crippen LogP contribution in [0.15, 0.2) is 18.2 Å². The van der Waals surface area contributed by atoms with Gasteiger partial charge in [0.2, 0.25) is 11.7 Å². The molecular weight excluding hydrogens is 314 g/mol. The first-order valence-corrected chi connectivity index (χ1v) is 8.71. The van der Waals surface area contributed by atoms with Crippen LogP contribution in [0, 0.1) is 0 Å². The Bertz CT molecular complexity index is 563. The van der Waals surface area contributed by atoms with E-state index in [-0.39, 0.29) is 5.91 Å². The van der Waals surface area contributed by atoms with Crippen molar-refractivity contribution in [2.45, 2.75) is 11.7 Å². The van der Waals surface area contributed by atoms with Gasteiger partial charge in [-0.05, 0) is 36.4 Å². The molecule has 1 atom stereocenters. The third-order valence-corrected chi connectivity index (χ3v) is 4.95. The number of rotatable bonds is 6. The van der Waals surface area contributed by atoms with E-state index >= 15 is 0 Å². The Hall–Kier alpha value is -1.82. The Balaban J connectivity index is 2.14. The molecular formula is C17H23NO4S. The first kappa shape index (κ1) is 17.5. The van der Waals surface area contributed by atoms with Gasteiger partial charge in [0.15, 0.2) is 11.5 Å². The third-order valence-electron chi connectivity index (χ3n) is 3.90. The summed E-state index contributed by atoms with van der Waals surface area (Å²) in [4.78, 5) is 14.1. The molecule has 6 heteroatoms. The highest BCUT2D eigenvalue weighted by molar-refractivity contribution is 7.99. The average Bonchev–Trinajstić information content (AvgIpc) is 3.07. The van der Waals surface area contributed by atoms with E-state index in [0.717, 1.165) is 25.1 Å². The second kappa shape index (κ2) is 8.15. The van der Waals surface area contributed by atoms with Crippen molar-refractivity contribution >= 4 is 23.7 Å². The molecule has 0 N–H and O–H groups in total. The second-order valence-corrected chi connectivity index (χ2v) is 6.36. The lowest BCUT2D eigenvalue weighted by Crippen LogP contribution is -2.27. The summed E-state index contributed by atoms with van der Waals surface area (Å²) in [7, 11) is 4.71. The molecule has 23 heavy (non-hydrogen) atoms. The van der Waals surface area contributed by atoms with E-state index in [1.807, 2.05) is 28.8 Å². The van der Waals surface area contributed by atoms with Gasteiger partial charge in [-0.2, -0.15) is 11.8 Å². The maximum Gasteiger partial charge on any atom is 0.246 e. The Morgan fingerprint density at radius 1 is 1.22 bits per heavy atom. The number of hydrogen-bond donors (Lipinski definition) is 0. The number of amides is 1. The minimum absolute atomic E-state index is 0.0373. The zero-order valence-corrected chi connectivity index (χ0v) is 14.8. The van der Waals surface area contributed by atoms with Crippen LogP contribution < -0.4 is 14.2 Å². The Morgan fingerprint density at radius 3 is 2.35 bits per heavy atom. The fraction of sp³-hybridized carbons (Fsp3) is 0.471. The first-order valence-electron chi connectivity index (χ1n) is 7.42. The fourth-order valence-electron chi connectivity index (χ4n) is 2.59. The second-order valence-electron chi connectivity index (χ2n) is 5.22. The van der Waals surface area contributed by atoms with Gasteiger partial charge in [-0.15, -0.1) is 0 Å². The molecule has 2 rings (SSSR count). The van der Waals surface area contributed by atoms with E-state index in [9.17, 15) is 4.79 Å². The van der Waals surface area contributed by atoms with E-state index < -0.39 is 0 Å². The van der Waals surface area contributed by atoms with Crippen molar-refractivity contribution < 1.29 is 19.0 Å². The molecule has 0 bridgehead atoms. The summed E-state index contributed by atoms with van der Waals surface area (Å²) in [5, 5.41) is 0.550. The van der Waals surface area contributed by atoms with E-state index in [1.165, 1.54) is 0 Å². The summed E-state index contributed by atoms with van der Waals surface area (Å²) in [6.07, 6.45) is 6.53. The van der Waals surface area contributed by atoms with Gasteiger partial charge in [0.05, 0.1) is 21.3 Å². The summed E-state index contributed by atoms with van der Waals surface area (Å²) in [6, 6.07) is 3.64. The number of methoxy groups -OCH3 is 3. The zero-order chi connectivity index (χ0) is 16.8. The summed E-state index contributed by atoms with van der Waals surface area (Å²) in [5.41, 5.74) is 0.827. The predicted octanol–water partition coefficient (Wildman–Crippen LogP) is 2.69. The van der Waals surface area contributed by atoms with Gasteiger partial charge >= 0.3 is 0 Å². The van der Waals surface area contributed by atoms with E-state index in [4.69, 9.17) is 14.2 Å². The number of carbonyl (C=O) groups is 1. The molecule has 1 aromatic carbocycles. The number of hydrogen-bond acceptors (Lipinski definition) is 5. The summed E-state index contributed by atoms with van der Waals surface area (Å²) in [6.45, 7) is 1.64. The van der Waals surface area contributed by atoms with Crippen LogP contribution in [0.1, 0.15) is 12.0 Å². The molecule has 0 saturated carbocycles. The molecule has 0 aliphatic carbocycles. The minimum Gasteiger partial charge on any atom is -0.493 e. The minimum atomic E-state index is 0.0373. The lowest BCUT2D eigenvalue weighted by molar-refractivity contribution is -0.124. The van der Waals surface area contributed by atoms with Gasteiger partial charge in [0.25, 0.3) is 0 Å². The van der Waals surface area contributed by atoms with Crippen LogP contribution in [-0.2, 0) is 4.79 Å². The lowest BCUT2D eigenvalue weighted by atomic mass is 10.1. The number of ether oxygens (including phenoxy) is 3. The van der Waals surface area contributed by atoms with Gasteiger partial charge in [0.1, 0.15) is 0 Å². The first-order chi connectivity index (χ1) is 11.1. The van der Waals surface area contributed by atoms with Gasteiger partial charge in [-0.1, -0.05) is 0 Å². The zero-order valence-electron chi connectivity index (χ0n) is 14.0. The maximum atomic E-state index is 12.3. The van der Waals surface area contributed by atoms with Crippen molar-refractivity contribution in [3.05, 3.63) is 23.8 Å². The number of thioether (sulfide) groups is 1. The largest absolute Gasteiger partial charge is 0.493 e. The highest BCUT2D eigenvalue weighted by Gasteiger charge is 2.24. The van der Waals surface area contributed by atoms with Gasteiger partial charge < -0.3 is 19.1 Å². The summed E-state index contributed by atoms with van der Waals surface area (Å²) >= 11 is 1.82. The molecule has 1 fully saturated rings. The smallest absolute Gasteiger partial charge is 0.246 e. The van der Waals surface area contributed by atoms with Crippen LogP contribution in [0.2, 0.25) is 0 Å². The SMILES string of the molecule is COc1cc(/C=C/C(=O)N2CC[C@@H](SC)C2)cc(OC)c1OC. The van der Waals surface area contributed by atoms with Crippen molar-refractivity contribution in [2.75, 3.05) is 40.7 Å². The molecule has 1 aliphatic rings. The molecule has 1 amide bonds. The van der Waals surface area contributed by atoms with Crippen LogP contribution in [0.4, 0.5) is 0 Å². The molecule has 1 heterocycles. The topological polar surface area (TPSA) is 48.0 Å². The van der Waals surface area contributed by atoms with Crippen molar-refractivity contribution in [3.63, 3.8) is 0 Å². The number of carbonyl (C=O) groups excluding carboxylic acids is 1. The van der Waals surface area contributed by atoms with Crippen molar-refractivity contribution in [3.8, 4) is 17.2 Å². The number of likely N-dealkylation sites (tertiary alicyclic amines) is 1. The highest BCUT2D eigenvalue weighted by atomic mass is 32.2. The molecule has 1 aromatic rings. The van der Waals surface area contributed by atoms with Crippen LogP contribution in [0.25, 0.3) is 6.08 Å². The summed E-state index contributed by atoms with van der Waals surface area (Å²) < 4.78 is 15.9. The quantitative estimate of drug-likeness (QED) is 0.747. The molecule has 0 aromatic heterocycles. The molecule has 0 spiro atoms. The summed E-state index contributed by atoms with van der Waals surface area (Å²) in [5.74, 6) is 1.72. The third kappa shape index (κ3) is 4.13.